The van der Waals surface area contributed by atoms with Crippen molar-refractivity contribution in [2.45, 2.75) is 13.1 Å². The molecule has 1 aromatic carbocycles. The molecule has 4 rings (SSSR count). The molecule has 2 amide bonds. The summed E-state index contributed by atoms with van der Waals surface area (Å²) in [5, 5.41) is 7.71. The lowest BCUT2D eigenvalue weighted by Gasteiger charge is -2.34. The largest absolute Gasteiger partial charge is 0.322 e. The molecule has 128 valence electrons. The third kappa shape index (κ3) is 2.90. The third-order valence-electron chi connectivity index (χ3n) is 4.06. The van der Waals surface area contributed by atoms with Crippen LogP contribution in [0.3, 0.4) is 0 Å². The van der Waals surface area contributed by atoms with Gasteiger partial charge in [-0.1, -0.05) is 0 Å². The van der Waals surface area contributed by atoms with Gasteiger partial charge in [0.1, 0.15) is 17.7 Å². The van der Waals surface area contributed by atoms with Crippen LogP contribution in [0.2, 0.25) is 0 Å². The van der Waals surface area contributed by atoms with E-state index < -0.39 is 18.0 Å². The molecule has 1 aliphatic heterocycles. The van der Waals surface area contributed by atoms with Crippen LogP contribution in [0.1, 0.15) is 5.56 Å². The fourth-order valence-corrected chi connectivity index (χ4v) is 2.71. The number of pyridine rings is 1. The Morgan fingerprint density at radius 2 is 2.12 bits per heavy atom. The molecule has 25 heavy (non-hydrogen) atoms. The zero-order valence-corrected chi connectivity index (χ0v) is 13.4. The van der Waals surface area contributed by atoms with Crippen molar-refractivity contribution in [2.75, 3.05) is 18.4 Å². The Labute approximate surface area is 142 Å². The summed E-state index contributed by atoms with van der Waals surface area (Å²) < 4.78 is 28.5. The van der Waals surface area contributed by atoms with Crippen molar-refractivity contribution in [3.63, 3.8) is 0 Å². The van der Waals surface area contributed by atoms with Crippen molar-refractivity contribution in [2.24, 2.45) is 0 Å². The summed E-state index contributed by atoms with van der Waals surface area (Å²) in [7, 11) is 0. The van der Waals surface area contributed by atoms with Gasteiger partial charge in [-0.15, -0.1) is 5.10 Å². The molecule has 0 unspecified atom stereocenters. The van der Waals surface area contributed by atoms with E-state index in [1.807, 2.05) is 13.0 Å². The Bertz CT molecular complexity index is 965. The van der Waals surface area contributed by atoms with Crippen LogP contribution in [0, 0.1) is 12.7 Å². The van der Waals surface area contributed by atoms with Crippen molar-refractivity contribution in [1.82, 2.24) is 19.7 Å². The number of hydrogen-bond donors (Lipinski definition) is 1. The molecule has 0 spiro atoms. The molecule has 1 fully saturated rings. The minimum Gasteiger partial charge on any atom is -0.319 e. The minimum atomic E-state index is -0.970. The average Bonchev–Trinajstić information content (AvgIpc) is 2.96. The second kappa shape index (κ2) is 5.80. The van der Waals surface area contributed by atoms with Crippen LogP contribution in [0.15, 0.2) is 36.7 Å². The fourth-order valence-electron chi connectivity index (χ4n) is 2.71. The first-order valence-electron chi connectivity index (χ1n) is 7.81. The predicted molar refractivity (Wildman–Crippen MR) is 89.0 cm³/mol. The number of carbonyl (C=O) groups is 1. The van der Waals surface area contributed by atoms with Gasteiger partial charge in [0, 0.05) is 23.5 Å². The van der Waals surface area contributed by atoms with Gasteiger partial charge < -0.3 is 10.2 Å². The van der Waals surface area contributed by atoms with E-state index in [1.54, 1.807) is 12.4 Å². The third-order valence-corrected chi connectivity index (χ3v) is 4.06. The minimum absolute atomic E-state index is 0.0788. The second-order valence-electron chi connectivity index (χ2n) is 6.10. The fraction of sp³-hybridized carbons (Fsp3) is 0.235. The number of anilines is 1. The summed E-state index contributed by atoms with van der Waals surface area (Å²) in [6.07, 6.45) is 2.40. The number of halogens is 2. The summed E-state index contributed by atoms with van der Waals surface area (Å²) in [6, 6.07) is 5.69. The number of aryl methyl sites for hydroxylation is 1. The van der Waals surface area contributed by atoms with E-state index in [1.165, 1.54) is 27.8 Å². The number of urea groups is 1. The highest BCUT2D eigenvalue weighted by atomic mass is 19.1. The number of rotatable bonds is 2. The number of carbonyl (C=O) groups excluding carboxylic acids is 1. The number of aromatic nitrogens is 3. The average molecular weight is 343 g/mol. The van der Waals surface area contributed by atoms with Crippen molar-refractivity contribution >= 4 is 22.8 Å². The van der Waals surface area contributed by atoms with Crippen LogP contribution in [-0.4, -0.2) is 45.0 Å². The molecule has 1 saturated heterocycles. The summed E-state index contributed by atoms with van der Waals surface area (Å²) >= 11 is 0. The highest BCUT2D eigenvalue weighted by Crippen LogP contribution is 2.22. The Kier molecular flexibility index (Phi) is 3.60. The molecular weight excluding hydrogens is 328 g/mol. The lowest BCUT2D eigenvalue weighted by molar-refractivity contribution is 0.0974. The maximum Gasteiger partial charge on any atom is 0.322 e. The van der Waals surface area contributed by atoms with Gasteiger partial charge in [0.2, 0.25) is 0 Å². The summed E-state index contributed by atoms with van der Waals surface area (Å²) in [5.41, 5.74) is 2.09. The number of benzene rings is 1. The number of hydrogen-bond acceptors (Lipinski definition) is 3. The lowest BCUT2D eigenvalue weighted by atomic mass is 10.2. The van der Waals surface area contributed by atoms with Crippen LogP contribution in [0.25, 0.3) is 16.7 Å². The number of nitrogens with zero attached hydrogens (tertiary/aromatic N) is 4. The highest BCUT2D eigenvalue weighted by molar-refractivity contribution is 5.90. The number of nitrogens with one attached hydrogen (secondary N) is 1. The monoisotopic (exact) mass is 343 g/mol. The molecule has 1 aliphatic rings. The zero-order chi connectivity index (χ0) is 17.6. The first-order valence-corrected chi connectivity index (χ1v) is 7.81. The van der Waals surface area contributed by atoms with Crippen LogP contribution in [-0.2, 0) is 0 Å². The lowest BCUT2D eigenvalue weighted by Crippen LogP contribution is -2.53. The van der Waals surface area contributed by atoms with E-state index in [0.29, 0.717) is 11.3 Å². The Morgan fingerprint density at radius 3 is 2.88 bits per heavy atom. The number of alkyl halides is 1. The summed E-state index contributed by atoms with van der Waals surface area (Å²) in [4.78, 5) is 17.5. The van der Waals surface area contributed by atoms with Crippen LogP contribution < -0.4 is 5.32 Å². The van der Waals surface area contributed by atoms with Crippen molar-refractivity contribution in [3.05, 3.63) is 48.0 Å². The maximum atomic E-state index is 14.2. The summed E-state index contributed by atoms with van der Waals surface area (Å²) in [6.45, 7) is 2.07. The SMILES string of the molecule is Cc1cnc2nn(-c3cc(NC(=O)N4CC(F)C4)ccc3F)cc2c1. The predicted octanol–water partition coefficient (Wildman–Crippen LogP) is 3.05. The van der Waals surface area contributed by atoms with E-state index in [4.69, 9.17) is 0 Å². The van der Waals surface area contributed by atoms with E-state index in [9.17, 15) is 13.6 Å². The van der Waals surface area contributed by atoms with Crippen LogP contribution >= 0.6 is 0 Å². The number of likely N-dealkylation sites (tertiary alicyclic amines) is 1. The zero-order valence-electron chi connectivity index (χ0n) is 13.4. The van der Waals surface area contributed by atoms with E-state index in [0.717, 1.165) is 10.9 Å². The van der Waals surface area contributed by atoms with Gasteiger partial charge in [-0.3, -0.25) is 0 Å². The summed E-state index contributed by atoms with van der Waals surface area (Å²) in [5.74, 6) is -0.477. The molecule has 0 aliphatic carbocycles. The van der Waals surface area contributed by atoms with Crippen molar-refractivity contribution in [1.29, 1.82) is 0 Å². The van der Waals surface area contributed by atoms with Crippen molar-refractivity contribution < 1.29 is 13.6 Å². The Hall–Kier alpha value is -3.03. The molecule has 3 heterocycles. The standard InChI is InChI=1S/C17H15F2N5O/c1-10-4-11-7-24(22-16(11)20-6-10)15-5-13(2-3-14(15)19)21-17(25)23-8-12(18)9-23/h2-7,12H,8-9H2,1H3,(H,21,25). The topological polar surface area (TPSA) is 63.1 Å². The van der Waals surface area contributed by atoms with Gasteiger partial charge >= 0.3 is 6.03 Å². The first-order chi connectivity index (χ1) is 12.0. The molecule has 6 nitrogen and oxygen atoms in total. The molecule has 0 bridgehead atoms. The second-order valence-corrected chi connectivity index (χ2v) is 6.10. The van der Waals surface area contributed by atoms with Gasteiger partial charge in [0.15, 0.2) is 5.65 Å². The number of amides is 2. The molecular formula is C17H15F2N5O. The highest BCUT2D eigenvalue weighted by Gasteiger charge is 2.30. The molecule has 0 atom stereocenters. The molecule has 8 heteroatoms. The normalized spacial score (nSPS) is 14.6. The van der Waals surface area contributed by atoms with Crippen LogP contribution in [0.5, 0.6) is 0 Å². The molecule has 0 radical (unpaired) electrons. The van der Waals surface area contributed by atoms with E-state index in [2.05, 4.69) is 15.4 Å². The van der Waals surface area contributed by atoms with E-state index in [-0.39, 0.29) is 18.8 Å². The molecule has 2 aromatic heterocycles. The maximum absolute atomic E-state index is 14.2. The van der Waals surface area contributed by atoms with Gasteiger partial charge in [-0.25, -0.2) is 23.2 Å². The molecule has 0 saturated carbocycles. The Balaban J connectivity index is 1.63. The number of fused-ring (bicyclic) bond motifs is 1. The first kappa shape index (κ1) is 15.5. The van der Waals surface area contributed by atoms with Gasteiger partial charge in [0.05, 0.1) is 13.1 Å². The van der Waals surface area contributed by atoms with Gasteiger partial charge in [0.25, 0.3) is 0 Å². The van der Waals surface area contributed by atoms with Crippen molar-refractivity contribution in [3.8, 4) is 5.69 Å². The molecule has 3 aromatic rings. The van der Waals surface area contributed by atoms with Gasteiger partial charge in [-0.2, -0.15) is 0 Å². The Morgan fingerprint density at radius 1 is 1.32 bits per heavy atom. The van der Waals surface area contributed by atoms with Crippen LogP contribution in [0.4, 0.5) is 19.3 Å². The quantitative estimate of drug-likeness (QED) is 0.778. The van der Waals surface area contributed by atoms with Gasteiger partial charge in [-0.05, 0) is 36.8 Å². The smallest absolute Gasteiger partial charge is 0.319 e. The van der Waals surface area contributed by atoms with E-state index >= 15 is 0 Å². The molecule has 1 N–H and O–H groups in total.